The van der Waals surface area contributed by atoms with Crippen molar-refractivity contribution in [2.45, 2.75) is 51.6 Å². The fraction of sp³-hybridized carbons (Fsp3) is 0.625. The number of carbonyl (C=O) groups excluding carboxylic acids is 2. The Morgan fingerprint density at radius 2 is 1.82 bits per heavy atom. The molecule has 1 saturated carbocycles. The van der Waals surface area contributed by atoms with Gasteiger partial charge < -0.3 is 20.5 Å². The molecule has 3 amide bonds. The van der Waals surface area contributed by atoms with Crippen molar-refractivity contribution in [2.75, 3.05) is 13.1 Å². The molecule has 6 heteroatoms. The van der Waals surface area contributed by atoms with Crippen molar-refractivity contribution in [1.82, 2.24) is 14.8 Å². The SMILES string of the molecule is Cc1cc(C(=O)N2CCC(NC(N)=O)CC2)c(C)n1C1CC1. The minimum atomic E-state index is -0.488. The first-order valence-electron chi connectivity index (χ1n) is 8.01. The lowest BCUT2D eigenvalue weighted by atomic mass is 10.0. The van der Waals surface area contributed by atoms with Crippen LogP contribution in [0.4, 0.5) is 4.79 Å². The van der Waals surface area contributed by atoms with Crippen molar-refractivity contribution in [3.05, 3.63) is 23.0 Å². The first-order valence-corrected chi connectivity index (χ1v) is 8.01. The van der Waals surface area contributed by atoms with Crippen LogP contribution < -0.4 is 11.1 Å². The number of nitrogens with two attached hydrogens (primary N) is 1. The third-order valence-electron chi connectivity index (χ3n) is 4.76. The Kier molecular flexibility index (Phi) is 3.85. The number of urea groups is 1. The molecule has 1 saturated heterocycles. The second-order valence-corrected chi connectivity index (χ2v) is 6.46. The van der Waals surface area contributed by atoms with E-state index >= 15 is 0 Å². The van der Waals surface area contributed by atoms with Crippen molar-refractivity contribution < 1.29 is 9.59 Å². The van der Waals surface area contributed by atoms with Crippen LogP contribution in [-0.4, -0.2) is 40.5 Å². The van der Waals surface area contributed by atoms with Crippen LogP contribution >= 0.6 is 0 Å². The van der Waals surface area contributed by atoms with E-state index in [0.29, 0.717) is 19.1 Å². The number of hydrogen-bond acceptors (Lipinski definition) is 2. The third-order valence-corrected chi connectivity index (χ3v) is 4.76. The Morgan fingerprint density at radius 1 is 1.18 bits per heavy atom. The van der Waals surface area contributed by atoms with E-state index in [1.807, 2.05) is 17.9 Å². The summed E-state index contributed by atoms with van der Waals surface area (Å²) in [5.41, 5.74) is 8.23. The van der Waals surface area contributed by atoms with Crippen LogP contribution in [-0.2, 0) is 0 Å². The first-order chi connectivity index (χ1) is 10.5. The molecular formula is C16H24N4O2. The highest BCUT2D eigenvalue weighted by Gasteiger charge is 2.30. The van der Waals surface area contributed by atoms with Crippen LogP contribution in [0.5, 0.6) is 0 Å². The highest BCUT2D eigenvalue weighted by atomic mass is 16.2. The normalized spacial score (nSPS) is 19.3. The molecule has 3 rings (SSSR count). The lowest BCUT2D eigenvalue weighted by molar-refractivity contribution is 0.0708. The van der Waals surface area contributed by atoms with Crippen molar-refractivity contribution in [3.8, 4) is 0 Å². The van der Waals surface area contributed by atoms with Crippen molar-refractivity contribution in [1.29, 1.82) is 0 Å². The monoisotopic (exact) mass is 304 g/mol. The quantitative estimate of drug-likeness (QED) is 0.891. The summed E-state index contributed by atoms with van der Waals surface area (Å²) in [6.07, 6.45) is 3.95. The largest absolute Gasteiger partial charge is 0.352 e. The number of nitrogens with zero attached hydrogens (tertiary/aromatic N) is 2. The number of primary amides is 1. The summed E-state index contributed by atoms with van der Waals surface area (Å²) in [6, 6.07) is 2.20. The van der Waals surface area contributed by atoms with Gasteiger partial charge in [-0.25, -0.2) is 4.79 Å². The van der Waals surface area contributed by atoms with E-state index in [-0.39, 0.29) is 11.9 Å². The number of aryl methyl sites for hydroxylation is 1. The summed E-state index contributed by atoms with van der Waals surface area (Å²) in [6.45, 7) is 5.44. The molecule has 1 aromatic heterocycles. The molecular weight excluding hydrogens is 280 g/mol. The lowest BCUT2D eigenvalue weighted by Gasteiger charge is -2.32. The summed E-state index contributed by atoms with van der Waals surface area (Å²) in [4.78, 5) is 25.5. The Labute approximate surface area is 130 Å². The van der Waals surface area contributed by atoms with Gasteiger partial charge in [0.05, 0.1) is 5.56 Å². The average Bonchev–Trinajstić information content (AvgIpc) is 3.24. The van der Waals surface area contributed by atoms with Crippen molar-refractivity contribution >= 4 is 11.9 Å². The molecule has 22 heavy (non-hydrogen) atoms. The molecule has 0 unspecified atom stereocenters. The molecule has 2 aliphatic rings. The second kappa shape index (κ2) is 5.66. The van der Waals surface area contributed by atoms with E-state index in [2.05, 4.69) is 16.8 Å². The minimum absolute atomic E-state index is 0.0837. The van der Waals surface area contributed by atoms with Crippen LogP contribution in [0.25, 0.3) is 0 Å². The number of hydrogen-bond donors (Lipinski definition) is 2. The van der Waals surface area contributed by atoms with Crippen molar-refractivity contribution in [3.63, 3.8) is 0 Å². The van der Waals surface area contributed by atoms with Gasteiger partial charge >= 0.3 is 6.03 Å². The molecule has 120 valence electrons. The topological polar surface area (TPSA) is 80.4 Å². The molecule has 0 atom stereocenters. The van der Waals surface area contributed by atoms with Gasteiger partial charge in [0.15, 0.2) is 0 Å². The highest BCUT2D eigenvalue weighted by Crippen LogP contribution is 2.38. The molecule has 2 fully saturated rings. The Hall–Kier alpha value is -1.98. The molecule has 1 aliphatic carbocycles. The number of carbonyl (C=O) groups is 2. The van der Waals surface area contributed by atoms with Crippen LogP contribution in [0, 0.1) is 13.8 Å². The maximum Gasteiger partial charge on any atom is 0.312 e. The van der Waals surface area contributed by atoms with Gasteiger partial charge in [0.1, 0.15) is 0 Å². The summed E-state index contributed by atoms with van der Waals surface area (Å²) in [5.74, 6) is 0.109. The van der Waals surface area contributed by atoms with E-state index in [1.165, 1.54) is 18.5 Å². The third kappa shape index (κ3) is 2.82. The van der Waals surface area contributed by atoms with E-state index in [4.69, 9.17) is 5.73 Å². The zero-order valence-electron chi connectivity index (χ0n) is 13.3. The summed E-state index contributed by atoms with van der Waals surface area (Å²) in [7, 11) is 0. The van der Waals surface area contributed by atoms with Crippen molar-refractivity contribution in [2.24, 2.45) is 5.73 Å². The molecule has 0 radical (unpaired) electrons. The van der Waals surface area contributed by atoms with Crippen LogP contribution in [0.15, 0.2) is 6.07 Å². The molecule has 1 aliphatic heterocycles. The lowest BCUT2D eigenvalue weighted by Crippen LogP contribution is -2.47. The number of aromatic nitrogens is 1. The predicted octanol–water partition coefficient (Wildman–Crippen LogP) is 1.71. The summed E-state index contributed by atoms with van der Waals surface area (Å²) < 4.78 is 2.30. The average molecular weight is 304 g/mol. The molecule has 0 bridgehead atoms. The Morgan fingerprint density at radius 3 is 2.36 bits per heavy atom. The maximum atomic E-state index is 12.8. The van der Waals surface area contributed by atoms with E-state index in [9.17, 15) is 9.59 Å². The van der Waals surface area contributed by atoms with Crippen LogP contribution in [0.3, 0.4) is 0 Å². The summed E-state index contributed by atoms with van der Waals surface area (Å²) >= 11 is 0. The van der Waals surface area contributed by atoms with Gasteiger partial charge in [-0.15, -0.1) is 0 Å². The highest BCUT2D eigenvalue weighted by molar-refractivity contribution is 5.95. The van der Waals surface area contributed by atoms with E-state index in [1.54, 1.807) is 0 Å². The second-order valence-electron chi connectivity index (χ2n) is 6.46. The zero-order chi connectivity index (χ0) is 15.9. The maximum absolute atomic E-state index is 12.8. The fourth-order valence-electron chi connectivity index (χ4n) is 3.49. The van der Waals surface area contributed by atoms with Gasteiger partial charge in [0, 0.05) is 36.6 Å². The molecule has 0 spiro atoms. The Bertz CT molecular complexity index is 596. The van der Waals surface area contributed by atoms with Gasteiger partial charge in [-0.2, -0.15) is 0 Å². The van der Waals surface area contributed by atoms with Crippen LogP contribution in [0.2, 0.25) is 0 Å². The van der Waals surface area contributed by atoms with Gasteiger partial charge in [-0.1, -0.05) is 0 Å². The number of nitrogens with one attached hydrogen (secondary N) is 1. The number of likely N-dealkylation sites (tertiary alicyclic amines) is 1. The van der Waals surface area contributed by atoms with Gasteiger partial charge in [0.25, 0.3) is 5.91 Å². The van der Waals surface area contributed by atoms with Gasteiger partial charge in [0.2, 0.25) is 0 Å². The Balaban J connectivity index is 1.68. The molecule has 1 aromatic rings. The number of amides is 3. The first kappa shape index (κ1) is 14.9. The standard InChI is InChI=1S/C16H24N4O2/c1-10-9-14(11(2)20(10)13-3-4-13)15(21)19-7-5-12(6-8-19)18-16(17)22/h9,12-13H,3-8H2,1-2H3,(H3,17,18,22). The fourth-order valence-corrected chi connectivity index (χ4v) is 3.49. The number of rotatable bonds is 3. The summed E-state index contributed by atoms with van der Waals surface area (Å²) in [5, 5.41) is 2.73. The van der Waals surface area contributed by atoms with Gasteiger partial charge in [-0.05, 0) is 45.6 Å². The predicted molar refractivity (Wildman–Crippen MR) is 83.8 cm³/mol. The van der Waals surface area contributed by atoms with E-state index in [0.717, 1.165) is 24.1 Å². The van der Waals surface area contributed by atoms with E-state index < -0.39 is 6.03 Å². The smallest absolute Gasteiger partial charge is 0.312 e. The van der Waals surface area contributed by atoms with Crippen LogP contribution in [0.1, 0.15) is 53.5 Å². The minimum Gasteiger partial charge on any atom is -0.352 e. The molecule has 6 nitrogen and oxygen atoms in total. The zero-order valence-corrected chi connectivity index (χ0v) is 13.3. The molecule has 0 aromatic carbocycles. The van der Waals surface area contributed by atoms with Gasteiger partial charge in [-0.3, -0.25) is 4.79 Å². The molecule has 3 N–H and O–H groups in total. The molecule has 2 heterocycles. The number of piperidine rings is 1.